The lowest BCUT2D eigenvalue weighted by Crippen LogP contribution is -2.48. The standard InChI is InChI=1S/C20H28O/c21-19-15-7-5-11-1-3-13(17(11)15)9-20(19)10-14-4-2-12-6-8-16(20)18(12)14/h11-18H,1-10H2/t11-,12-,13+,14-,15+,16+,17-,18+,20-/m0/s1. The molecule has 0 radical (unpaired) electrons. The summed E-state index contributed by atoms with van der Waals surface area (Å²) in [5.41, 5.74) is 0.190. The molecule has 9 atom stereocenters. The number of ketones is 1. The molecule has 6 aliphatic carbocycles. The Morgan fingerprint density at radius 2 is 1.24 bits per heavy atom. The highest BCUT2D eigenvalue weighted by Crippen LogP contribution is 2.71. The quantitative estimate of drug-likeness (QED) is 0.642. The molecule has 114 valence electrons. The van der Waals surface area contributed by atoms with Crippen LogP contribution in [0, 0.1) is 52.8 Å². The van der Waals surface area contributed by atoms with E-state index in [0.717, 1.165) is 47.2 Å². The summed E-state index contributed by atoms with van der Waals surface area (Å²) in [6, 6.07) is 0. The van der Waals surface area contributed by atoms with Crippen molar-refractivity contribution in [1.29, 1.82) is 0 Å². The zero-order chi connectivity index (χ0) is 13.8. The van der Waals surface area contributed by atoms with Crippen molar-refractivity contribution in [2.75, 3.05) is 0 Å². The molecule has 0 unspecified atom stereocenters. The summed E-state index contributed by atoms with van der Waals surface area (Å²) in [5, 5.41) is 0. The Hall–Kier alpha value is -0.330. The predicted molar refractivity (Wildman–Crippen MR) is 81.5 cm³/mol. The average Bonchev–Trinajstić information content (AvgIpc) is 3.22. The second kappa shape index (κ2) is 3.77. The first-order chi connectivity index (χ1) is 10.3. The molecule has 0 aromatic rings. The molecule has 0 aromatic heterocycles. The molecule has 1 heteroatoms. The molecule has 0 aromatic carbocycles. The van der Waals surface area contributed by atoms with Gasteiger partial charge in [0, 0.05) is 11.3 Å². The molecule has 1 spiro atoms. The maximum absolute atomic E-state index is 13.6. The molecule has 0 bridgehead atoms. The lowest BCUT2D eigenvalue weighted by molar-refractivity contribution is -0.144. The van der Waals surface area contributed by atoms with E-state index in [0.29, 0.717) is 5.92 Å². The molecule has 6 aliphatic rings. The Morgan fingerprint density at radius 3 is 2.05 bits per heavy atom. The smallest absolute Gasteiger partial charge is 0.142 e. The van der Waals surface area contributed by atoms with Crippen molar-refractivity contribution in [3.8, 4) is 0 Å². The van der Waals surface area contributed by atoms with Crippen molar-refractivity contribution in [2.24, 2.45) is 52.8 Å². The van der Waals surface area contributed by atoms with E-state index in [4.69, 9.17) is 0 Å². The highest BCUT2D eigenvalue weighted by Gasteiger charge is 2.68. The molecule has 0 heterocycles. The minimum Gasteiger partial charge on any atom is -0.299 e. The van der Waals surface area contributed by atoms with Gasteiger partial charge in [0.2, 0.25) is 0 Å². The van der Waals surface area contributed by atoms with Crippen LogP contribution in [0.1, 0.15) is 64.2 Å². The van der Waals surface area contributed by atoms with E-state index >= 15 is 0 Å². The van der Waals surface area contributed by atoms with E-state index in [9.17, 15) is 4.79 Å². The van der Waals surface area contributed by atoms with Crippen LogP contribution < -0.4 is 0 Å². The lowest BCUT2D eigenvalue weighted by Gasteiger charge is -2.46. The van der Waals surface area contributed by atoms with Gasteiger partial charge in [0.25, 0.3) is 0 Å². The number of Topliss-reactive ketones (excluding diaryl/α,β-unsaturated/α-hetero) is 1. The predicted octanol–water partition coefficient (Wildman–Crippen LogP) is 4.45. The highest BCUT2D eigenvalue weighted by atomic mass is 16.1. The zero-order valence-electron chi connectivity index (χ0n) is 13.1. The molecule has 0 aliphatic heterocycles. The maximum atomic E-state index is 13.6. The van der Waals surface area contributed by atoms with E-state index in [1.54, 1.807) is 0 Å². The van der Waals surface area contributed by atoms with Crippen molar-refractivity contribution in [3.05, 3.63) is 0 Å². The Labute approximate surface area is 128 Å². The van der Waals surface area contributed by atoms with Gasteiger partial charge in [0.05, 0.1) is 0 Å². The first kappa shape index (κ1) is 12.1. The van der Waals surface area contributed by atoms with Crippen molar-refractivity contribution in [1.82, 2.24) is 0 Å². The topological polar surface area (TPSA) is 17.1 Å². The largest absolute Gasteiger partial charge is 0.299 e. The second-order valence-corrected chi connectivity index (χ2v) is 9.65. The summed E-state index contributed by atoms with van der Waals surface area (Å²) in [7, 11) is 0. The van der Waals surface area contributed by atoms with Crippen molar-refractivity contribution >= 4 is 5.78 Å². The molecule has 6 rings (SSSR count). The molecule has 6 saturated carbocycles. The highest BCUT2D eigenvalue weighted by molar-refractivity contribution is 5.89. The molecule has 1 nitrogen and oxygen atoms in total. The van der Waals surface area contributed by atoms with E-state index < -0.39 is 0 Å². The van der Waals surface area contributed by atoms with E-state index in [1.807, 2.05) is 0 Å². The first-order valence-electron chi connectivity index (χ1n) is 9.82. The molecule has 21 heavy (non-hydrogen) atoms. The summed E-state index contributed by atoms with van der Waals surface area (Å²) in [6.07, 6.45) is 14.0. The summed E-state index contributed by atoms with van der Waals surface area (Å²) in [6.45, 7) is 0. The second-order valence-electron chi connectivity index (χ2n) is 9.65. The Balaban J connectivity index is 1.43. The molecule has 0 amide bonds. The van der Waals surface area contributed by atoms with Crippen molar-refractivity contribution < 1.29 is 4.79 Å². The average molecular weight is 284 g/mol. The number of hydrogen-bond acceptors (Lipinski definition) is 1. The van der Waals surface area contributed by atoms with Gasteiger partial charge < -0.3 is 0 Å². The maximum Gasteiger partial charge on any atom is 0.142 e. The SMILES string of the molecule is O=C1[C@@H]2CC[C@@H]3CC[C@H](C[C@@]14C[C@@H]1CC[C@H]5CC[C@@H]4[C@H]51)[C@H]32. The van der Waals surface area contributed by atoms with Gasteiger partial charge in [-0.05, 0) is 106 Å². The molecule has 0 saturated heterocycles. The fourth-order valence-corrected chi connectivity index (χ4v) is 9.06. The minimum absolute atomic E-state index is 0.190. The van der Waals surface area contributed by atoms with Crippen molar-refractivity contribution in [2.45, 2.75) is 64.2 Å². The van der Waals surface area contributed by atoms with Gasteiger partial charge in [0.15, 0.2) is 0 Å². The van der Waals surface area contributed by atoms with Crippen LogP contribution in [0.15, 0.2) is 0 Å². The fourth-order valence-electron chi connectivity index (χ4n) is 9.06. The monoisotopic (exact) mass is 284 g/mol. The number of carbonyl (C=O) groups is 1. The van der Waals surface area contributed by atoms with E-state index in [2.05, 4.69) is 0 Å². The number of carbonyl (C=O) groups excluding carboxylic acids is 1. The van der Waals surface area contributed by atoms with Crippen LogP contribution in [0.3, 0.4) is 0 Å². The number of hydrogen-bond donors (Lipinski definition) is 0. The number of fused-ring (bicyclic) bond motifs is 1. The lowest BCUT2D eigenvalue weighted by atomic mass is 9.56. The van der Waals surface area contributed by atoms with Gasteiger partial charge in [-0.2, -0.15) is 0 Å². The van der Waals surface area contributed by atoms with Gasteiger partial charge in [-0.1, -0.05) is 0 Å². The Morgan fingerprint density at radius 1 is 0.667 bits per heavy atom. The van der Waals surface area contributed by atoms with Gasteiger partial charge in [0.1, 0.15) is 5.78 Å². The summed E-state index contributed by atoms with van der Waals surface area (Å²) in [5.74, 6) is 7.79. The fraction of sp³-hybridized carbons (Fsp3) is 0.950. The Bertz CT molecular complexity index is 510. The van der Waals surface area contributed by atoms with Crippen LogP contribution in [-0.4, -0.2) is 5.78 Å². The van der Waals surface area contributed by atoms with E-state index in [1.165, 1.54) is 64.2 Å². The molecular weight excluding hydrogens is 256 g/mol. The summed E-state index contributed by atoms with van der Waals surface area (Å²) >= 11 is 0. The van der Waals surface area contributed by atoms with Gasteiger partial charge in [-0.15, -0.1) is 0 Å². The first-order valence-corrected chi connectivity index (χ1v) is 9.82. The number of rotatable bonds is 0. The minimum atomic E-state index is 0.190. The molecule has 0 N–H and O–H groups in total. The Kier molecular flexibility index (Phi) is 2.18. The summed E-state index contributed by atoms with van der Waals surface area (Å²) < 4.78 is 0. The van der Waals surface area contributed by atoms with Crippen molar-refractivity contribution in [3.63, 3.8) is 0 Å². The van der Waals surface area contributed by atoms with Crippen LogP contribution in [0.2, 0.25) is 0 Å². The van der Waals surface area contributed by atoms with Crippen LogP contribution in [0.4, 0.5) is 0 Å². The van der Waals surface area contributed by atoms with Crippen LogP contribution in [0.25, 0.3) is 0 Å². The normalized spacial score (nSPS) is 63.5. The third kappa shape index (κ3) is 1.27. The molecular formula is C20H28O. The van der Waals surface area contributed by atoms with Gasteiger partial charge in [-0.3, -0.25) is 4.79 Å². The van der Waals surface area contributed by atoms with E-state index in [-0.39, 0.29) is 5.41 Å². The van der Waals surface area contributed by atoms with Crippen LogP contribution in [-0.2, 0) is 4.79 Å². The van der Waals surface area contributed by atoms with Gasteiger partial charge in [-0.25, -0.2) is 0 Å². The third-order valence-corrected chi connectivity index (χ3v) is 9.41. The van der Waals surface area contributed by atoms with Crippen LogP contribution in [0.5, 0.6) is 0 Å². The van der Waals surface area contributed by atoms with Gasteiger partial charge >= 0.3 is 0 Å². The summed E-state index contributed by atoms with van der Waals surface area (Å²) in [4.78, 5) is 13.6. The van der Waals surface area contributed by atoms with Crippen LogP contribution >= 0.6 is 0 Å². The zero-order valence-corrected chi connectivity index (χ0v) is 13.1. The molecule has 6 fully saturated rings. The third-order valence-electron chi connectivity index (χ3n) is 9.41.